The lowest BCUT2D eigenvalue weighted by Gasteiger charge is -2.31. The maximum absolute atomic E-state index is 10.9. The molecule has 0 heterocycles. The molecule has 5 unspecified atom stereocenters. The van der Waals surface area contributed by atoms with E-state index >= 15 is 0 Å². The lowest BCUT2D eigenvalue weighted by atomic mass is 9.76. The smallest absolute Gasteiger partial charge is 0.308 e. The maximum Gasteiger partial charge on any atom is 0.308 e. The van der Waals surface area contributed by atoms with Crippen LogP contribution in [0, 0.1) is 29.6 Å². The zero-order valence-corrected chi connectivity index (χ0v) is 14.2. The number of rotatable bonds is 6. The van der Waals surface area contributed by atoms with Crippen molar-refractivity contribution in [2.45, 2.75) is 33.6 Å². The van der Waals surface area contributed by atoms with Crippen LogP contribution in [0.25, 0.3) is 0 Å². The number of hydrogen-bond donors (Lipinski definition) is 0. The van der Waals surface area contributed by atoms with E-state index < -0.39 is 0 Å². The van der Waals surface area contributed by atoms with Crippen molar-refractivity contribution >= 4 is 5.97 Å². The highest BCUT2D eigenvalue weighted by Gasteiger charge is 2.48. The lowest BCUT2D eigenvalue weighted by molar-refractivity contribution is -0.131. The van der Waals surface area contributed by atoms with Crippen molar-refractivity contribution in [1.82, 2.24) is 0 Å². The number of hydrogen-bond acceptors (Lipinski definition) is 4. The van der Waals surface area contributed by atoms with E-state index in [1.54, 1.807) is 24.3 Å². The molecule has 1 aromatic carbocycles. The van der Waals surface area contributed by atoms with Gasteiger partial charge in [-0.15, -0.1) is 0 Å². The summed E-state index contributed by atoms with van der Waals surface area (Å²) in [6.45, 7) is 7.24. The van der Waals surface area contributed by atoms with Crippen molar-refractivity contribution in [3.63, 3.8) is 0 Å². The molecule has 126 valence electrons. The fourth-order valence-electron chi connectivity index (χ4n) is 4.37. The first-order chi connectivity index (χ1) is 11.0. The van der Waals surface area contributed by atoms with E-state index in [2.05, 4.69) is 13.8 Å². The van der Waals surface area contributed by atoms with Crippen molar-refractivity contribution in [2.75, 3.05) is 13.4 Å². The molecular weight excluding hydrogens is 292 g/mol. The average molecular weight is 318 g/mol. The Morgan fingerprint density at radius 1 is 1.09 bits per heavy atom. The molecule has 23 heavy (non-hydrogen) atoms. The Morgan fingerprint density at radius 2 is 1.78 bits per heavy atom. The first-order valence-corrected chi connectivity index (χ1v) is 8.53. The van der Waals surface area contributed by atoms with Crippen LogP contribution >= 0.6 is 0 Å². The zero-order chi connectivity index (χ0) is 16.4. The van der Waals surface area contributed by atoms with E-state index in [4.69, 9.17) is 14.2 Å². The van der Waals surface area contributed by atoms with Crippen LogP contribution in [0.3, 0.4) is 0 Å². The molecule has 0 saturated heterocycles. The van der Waals surface area contributed by atoms with E-state index in [9.17, 15) is 4.79 Å². The summed E-state index contributed by atoms with van der Waals surface area (Å²) < 4.78 is 16.3. The topological polar surface area (TPSA) is 44.8 Å². The average Bonchev–Trinajstić information content (AvgIpc) is 3.05. The number of benzene rings is 1. The van der Waals surface area contributed by atoms with Crippen LogP contribution in [0.2, 0.25) is 0 Å². The van der Waals surface area contributed by atoms with Gasteiger partial charge in [-0.3, -0.25) is 4.79 Å². The van der Waals surface area contributed by atoms with Crippen LogP contribution in [0.4, 0.5) is 0 Å². The van der Waals surface area contributed by atoms with E-state index in [1.165, 1.54) is 19.8 Å². The predicted octanol–water partition coefficient (Wildman–Crippen LogP) is 3.89. The molecule has 5 atom stereocenters. The highest BCUT2D eigenvalue weighted by Crippen LogP contribution is 2.54. The van der Waals surface area contributed by atoms with Crippen molar-refractivity contribution in [3.05, 3.63) is 24.3 Å². The monoisotopic (exact) mass is 318 g/mol. The molecule has 0 spiro atoms. The second-order valence-electron chi connectivity index (χ2n) is 7.07. The molecule has 2 saturated carbocycles. The van der Waals surface area contributed by atoms with E-state index in [0.29, 0.717) is 11.7 Å². The zero-order valence-electron chi connectivity index (χ0n) is 14.2. The summed E-state index contributed by atoms with van der Waals surface area (Å²) in [7, 11) is 0. The Balaban J connectivity index is 1.38. The van der Waals surface area contributed by atoms with Gasteiger partial charge in [-0.2, -0.15) is 0 Å². The van der Waals surface area contributed by atoms with Crippen LogP contribution in [0.15, 0.2) is 24.3 Å². The molecule has 4 heteroatoms. The standard InChI is InChI=1S/C19H26O4/c1-12-13(2)19-9-15(12)8-16(19)10-21-11-22-17-4-6-18(7-5-17)23-14(3)20/h4-7,12-13,15-16,19H,8-11H2,1-3H3. The van der Waals surface area contributed by atoms with Crippen molar-refractivity contribution < 1.29 is 19.0 Å². The molecule has 0 aliphatic heterocycles. The normalized spacial score (nSPS) is 32.0. The highest BCUT2D eigenvalue weighted by molar-refractivity contribution is 5.69. The van der Waals surface area contributed by atoms with Crippen LogP contribution in [-0.4, -0.2) is 19.4 Å². The first-order valence-electron chi connectivity index (χ1n) is 8.53. The molecule has 2 bridgehead atoms. The molecule has 2 aliphatic carbocycles. The van der Waals surface area contributed by atoms with E-state index in [1.807, 2.05) is 0 Å². The molecule has 2 fully saturated rings. The molecule has 0 N–H and O–H groups in total. The number of carbonyl (C=O) groups excluding carboxylic acids is 1. The summed E-state index contributed by atoms with van der Waals surface area (Å²) in [4.78, 5) is 10.9. The van der Waals surface area contributed by atoms with Gasteiger partial charge < -0.3 is 14.2 Å². The molecular formula is C19H26O4. The second kappa shape index (κ2) is 6.91. The summed E-state index contributed by atoms with van der Waals surface area (Å²) in [5, 5.41) is 0. The highest BCUT2D eigenvalue weighted by atomic mass is 16.7. The van der Waals surface area contributed by atoms with Gasteiger partial charge in [-0.25, -0.2) is 0 Å². The number of esters is 1. The van der Waals surface area contributed by atoms with E-state index in [-0.39, 0.29) is 12.8 Å². The minimum Gasteiger partial charge on any atom is -0.468 e. The van der Waals surface area contributed by atoms with Gasteiger partial charge in [-0.1, -0.05) is 13.8 Å². The van der Waals surface area contributed by atoms with Gasteiger partial charge in [0, 0.05) is 6.92 Å². The Morgan fingerprint density at radius 3 is 2.39 bits per heavy atom. The largest absolute Gasteiger partial charge is 0.468 e. The molecule has 0 radical (unpaired) electrons. The summed E-state index contributed by atoms with van der Waals surface area (Å²) in [6, 6.07) is 7.00. The van der Waals surface area contributed by atoms with Gasteiger partial charge in [0.2, 0.25) is 0 Å². The maximum atomic E-state index is 10.9. The van der Waals surface area contributed by atoms with Gasteiger partial charge in [0.15, 0.2) is 6.79 Å². The van der Waals surface area contributed by atoms with Crippen LogP contribution in [-0.2, 0) is 9.53 Å². The van der Waals surface area contributed by atoms with Crippen LogP contribution in [0.5, 0.6) is 11.5 Å². The van der Waals surface area contributed by atoms with Gasteiger partial charge >= 0.3 is 5.97 Å². The Bertz CT molecular complexity index is 537. The summed E-state index contributed by atoms with van der Waals surface area (Å²) in [6.07, 6.45) is 2.70. The third kappa shape index (κ3) is 3.69. The van der Waals surface area contributed by atoms with Crippen molar-refractivity contribution in [2.24, 2.45) is 29.6 Å². The third-order valence-corrected chi connectivity index (χ3v) is 5.76. The van der Waals surface area contributed by atoms with Gasteiger partial charge in [0.1, 0.15) is 11.5 Å². The Hall–Kier alpha value is -1.55. The number of carbonyl (C=O) groups is 1. The van der Waals surface area contributed by atoms with Crippen LogP contribution < -0.4 is 9.47 Å². The molecule has 2 aliphatic rings. The van der Waals surface area contributed by atoms with Gasteiger partial charge in [0.05, 0.1) is 6.61 Å². The van der Waals surface area contributed by atoms with Gasteiger partial charge in [-0.05, 0) is 66.7 Å². The Kier molecular flexibility index (Phi) is 4.90. The van der Waals surface area contributed by atoms with Crippen molar-refractivity contribution in [1.29, 1.82) is 0 Å². The quantitative estimate of drug-likeness (QED) is 0.345. The van der Waals surface area contributed by atoms with E-state index in [0.717, 1.165) is 36.0 Å². The molecule has 3 rings (SSSR count). The number of ether oxygens (including phenoxy) is 3. The summed E-state index contributed by atoms with van der Waals surface area (Å²) >= 11 is 0. The minimum absolute atomic E-state index is 0.269. The predicted molar refractivity (Wildman–Crippen MR) is 87.2 cm³/mol. The SMILES string of the molecule is CC(=O)Oc1ccc(OCOCC2CC3CC2C(C)C3C)cc1. The minimum atomic E-state index is -0.323. The second-order valence-corrected chi connectivity index (χ2v) is 7.07. The van der Waals surface area contributed by atoms with Gasteiger partial charge in [0.25, 0.3) is 0 Å². The Labute approximate surface area is 138 Å². The molecule has 4 nitrogen and oxygen atoms in total. The third-order valence-electron chi connectivity index (χ3n) is 5.76. The fraction of sp³-hybridized carbons (Fsp3) is 0.632. The van der Waals surface area contributed by atoms with Crippen LogP contribution in [0.1, 0.15) is 33.6 Å². The molecule has 0 aromatic heterocycles. The number of fused-ring (bicyclic) bond motifs is 2. The lowest BCUT2D eigenvalue weighted by Crippen LogP contribution is -2.27. The molecule has 1 aromatic rings. The molecule has 0 amide bonds. The summed E-state index contributed by atoms with van der Waals surface area (Å²) in [5.41, 5.74) is 0. The fourth-order valence-corrected chi connectivity index (χ4v) is 4.37. The first kappa shape index (κ1) is 16.3. The van der Waals surface area contributed by atoms with Crippen molar-refractivity contribution in [3.8, 4) is 11.5 Å². The summed E-state index contributed by atoms with van der Waals surface area (Å²) in [5.74, 6) is 5.06.